The van der Waals surface area contributed by atoms with Crippen LogP contribution in [0.15, 0.2) is 0 Å². The van der Waals surface area contributed by atoms with Gasteiger partial charge in [0.2, 0.25) is 0 Å². The molecule has 0 atom stereocenters. The largest absolute Gasteiger partial charge is 0.481 e. The molecule has 0 aromatic heterocycles. The van der Waals surface area contributed by atoms with E-state index >= 15 is 0 Å². The van der Waals surface area contributed by atoms with Gasteiger partial charge in [0.05, 0.1) is 5.92 Å². The fourth-order valence-electron chi connectivity index (χ4n) is 1.74. The highest BCUT2D eigenvalue weighted by atomic mass is 32.2. The summed E-state index contributed by atoms with van der Waals surface area (Å²) in [4.78, 5) is 10.6. The fraction of sp³-hybridized carbons (Fsp3) is 0.875. The average Bonchev–Trinajstić information content (AvgIpc) is 2.17. The van der Waals surface area contributed by atoms with Gasteiger partial charge in [-0.1, -0.05) is 0 Å². The molecule has 1 saturated carbocycles. The molecule has 1 fully saturated rings. The van der Waals surface area contributed by atoms with E-state index in [4.69, 9.17) is 5.11 Å². The van der Waals surface area contributed by atoms with Gasteiger partial charge in [-0.25, -0.2) is 13.1 Å². The van der Waals surface area contributed by atoms with Crippen molar-refractivity contribution in [2.45, 2.75) is 37.5 Å². The molecule has 0 spiro atoms. The smallest absolute Gasteiger partial charge is 0.350 e. The number of nitrogens with one attached hydrogen (secondary N) is 1. The van der Waals surface area contributed by atoms with Crippen LogP contribution in [0.5, 0.6) is 0 Å². The number of halogens is 2. The molecule has 0 aliphatic heterocycles. The molecule has 0 aromatic carbocycles. The minimum Gasteiger partial charge on any atom is -0.481 e. The lowest BCUT2D eigenvalue weighted by Crippen LogP contribution is -2.41. The molecule has 0 saturated heterocycles. The quantitative estimate of drug-likeness (QED) is 0.779. The Balaban J connectivity index is 2.47. The minimum atomic E-state index is -4.57. The van der Waals surface area contributed by atoms with Gasteiger partial charge < -0.3 is 5.11 Å². The third-order valence-electron chi connectivity index (χ3n) is 2.64. The molecule has 5 nitrogen and oxygen atoms in total. The number of carboxylic acids is 1. The molecule has 0 heterocycles. The summed E-state index contributed by atoms with van der Waals surface area (Å²) in [5.41, 5.74) is 0. The second kappa shape index (κ2) is 5.05. The minimum absolute atomic E-state index is 0.281. The Morgan fingerprint density at radius 1 is 1.25 bits per heavy atom. The predicted molar refractivity (Wildman–Crippen MR) is 51.4 cm³/mol. The molecule has 2 N–H and O–H groups in total. The van der Waals surface area contributed by atoms with Crippen LogP contribution in [0, 0.1) is 5.92 Å². The van der Waals surface area contributed by atoms with Gasteiger partial charge in [0, 0.05) is 6.04 Å². The lowest BCUT2D eigenvalue weighted by Gasteiger charge is -2.26. The molecule has 0 radical (unpaired) electrons. The molecular formula is C8H13F2NO4S. The normalized spacial score (nSPS) is 26.9. The monoisotopic (exact) mass is 257 g/mol. The summed E-state index contributed by atoms with van der Waals surface area (Å²) >= 11 is 0. The maximum Gasteiger partial charge on any atom is 0.350 e. The van der Waals surface area contributed by atoms with Crippen molar-refractivity contribution in [2.75, 3.05) is 0 Å². The van der Waals surface area contributed by atoms with Crippen LogP contribution in [0.1, 0.15) is 25.7 Å². The molecule has 8 heteroatoms. The van der Waals surface area contributed by atoms with Crippen LogP contribution >= 0.6 is 0 Å². The molecule has 1 rings (SSSR count). The Bertz CT molecular complexity index is 349. The standard InChI is InChI=1S/C8H13F2NO4S/c9-8(10)16(14,15)11-6-3-1-5(2-4-6)7(12)13/h5-6,8,11H,1-4H2,(H,12,13). The van der Waals surface area contributed by atoms with Crippen LogP contribution in [0.2, 0.25) is 0 Å². The van der Waals surface area contributed by atoms with Crippen LogP contribution < -0.4 is 4.72 Å². The highest BCUT2D eigenvalue weighted by Gasteiger charge is 2.31. The molecular weight excluding hydrogens is 244 g/mol. The summed E-state index contributed by atoms with van der Waals surface area (Å²) in [7, 11) is -4.57. The molecule has 0 aromatic rings. The Morgan fingerprint density at radius 2 is 1.75 bits per heavy atom. The van der Waals surface area contributed by atoms with E-state index in [1.54, 1.807) is 0 Å². The third kappa shape index (κ3) is 3.38. The van der Waals surface area contributed by atoms with Crippen molar-refractivity contribution in [3.63, 3.8) is 0 Å². The van der Waals surface area contributed by atoms with Crippen LogP contribution in [0.3, 0.4) is 0 Å². The zero-order valence-corrected chi connectivity index (χ0v) is 9.21. The van der Waals surface area contributed by atoms with Crippen molar-refractivity contribution in [3.05, 3.63) is 0 Å². The Kier molecular flexibility index (Phi) is 4.20. The van der Waals surface area contributed by atoms with E-state index in [0.717, 1.165) is 0 Å². The number of carbonyl (C=O) groups is 1. The summed E-state index contributed by atoms with van der Waals surface area (Å²) in [5.74, 6) is -4.85. The maximum atomic E-state index is 12.0. The van der Waals surface area contributed by atoms with Crippen LogP contribution in [0.4, 0.5) is 8.78 Å². The maximum absolute atomic E-state index is 12.0. The highest BCUT2D eigenvalue weighted by Crippen LogP contribution is 2.25. The van der Waals surface area contributed by atoms with Gasteiger partial charge in [-0.2, -0.15) is 8.78 Å². The van der Waals surface area contributed by atoms with Crippen LogP contribution in [-0.4, -0.2) is 31.3 Å². The number of alkyl halides is 2. The van der Waals surface area contributed by atoms with Crippen molar-refractivity contribution in [2.24, 2.45) is 5.92 Å². The second-order valence-electron chi connectivity index (χ2n) is 3.81. The van der Waals surface area contributed by atoms with Gasteiger partial charge in [-0.3, -0.25) is 4.79 Å². The number of sulfonamides is 1. The lowest BCUT2D eigenvalue weighted by molar-refractivity contribution is -0.142. The van der Waals surface area contributed by atoms with Gasteiger partial charge in [-0.05, 0) is 25.7 Å². The average molecular weight is 257 g/mol. The topological polar surface area (TPSA) is 83.5 Å². The molecule has 0 unspecified atom stereocenters. The van der Waals surface area contributed by atoms with E-state index in [0.29, 0.717) is 12.8 Å². The van der Waals surface area contributed by atoms with E-state index in [1.807, 2.05) is 4.72 Å². The highest BCUT2D eigenvalue weighted by molar-refractivity contribution is 7.89. The molecule has 0 amide bonds. The first kappa shape index (κ1) is 13.3. The number of carboxylic acid groups (broad SMARTS) is 1. The summed E-state index contributed by atoms with van der Waals surface area (Å²) in [6, 6.07) is -0.574. The van der Waals surface area contributed by atoms with E-state index in [9.17, 15) is 22.0 Å². The van der Waals surface area contributed by atoms with Gasteiger partial charge in [0.25, 0.3) is 10.0 Å². The van der Waals surface area contributed by atoms with Gasteiger partial charge in [0.15, 0.2) is 0 Å². The first-order valence-corrected chi connectivity index (χ1v) is 6.39. The van der Waals surface area contributed by atoms with Gasteiger partial charge >= 0.3 is 11.7 Å². The van der Waals surface area contributed by atoms with E-state index < -0.39 is 33.7 Å². The second-order valence-corrected chi connectivity index (χ2v) is 5.49. The number of hydrogen-bond acceptors (Lipinski definition) is 3. The van der Waals surface area contributed by atoms with Crippen LogP contribution in [-0.2, 0) is 14.8 Å². The van der Waals surface area contributed by atoms with E-state index in [2.05, 4.69) is 0 Å². The molecule has 94 valence electrons. The Hall–Kier alpha value is -0.760. The van der Waals surface area contributed by atoms with Crippen molar-refractivity contribution in [1.82, 2.24) is 4.72 Å². The van der Waals surface area contributed by atoms with Crippen molar-refractivity contribution < 1.29 is 27.1 Å². The number of hydrogen-bond donors (Lipinski definition) is 2. The predicted octanol–water partition coefficient (Wildman–Crippen LogP) is 0.772. The zero-order chi connectivity index (χ0) is 12.3. The fourth-order valence-corrected chi connectivity index (χ4v) is 2.55. The summed E-state index contributed by atoms with van der Waals surface area (Å²) in [6.45, 7) is 0. The van der Waals surface area contributed by atoms with Crippen molar-refractivity contribution in [1.29, 1.82) is 0 Å². The number of rotatable bonds is 4. The number of aliphatic carboxylic acids is 1. The van der Waals surface area contributed by atoms with Gasteiger partial charge in [0.1, 0.15) is 0 Å². The van der Waals surface area contributed by atoms with E-state index in [1.165, 1.54) is 0 Å². The SMILES string of the molecule is O=C(O)C1CCC(NS(=O)(=O)C(F)F)CC1. The van der Waals surface area contributed by atoms with Crippen molar-refractivity contribution in [3.8, 4) is 0 Å². The van der Waals surface area contributed by atoms with Crippen molar-refractivity contribution >= 4 is 16.0 Å². The molecule has 1 aliphatic rings. The molecule has 16 heavy (non-hydrogen) atoms. The van der Waals surface area contributed by atoms with Crippen LogP contribution in [0.25, 0.3) is 0 Å². The zero-order valence-electron chi connectivity index (χ0n) is 8.40. The first-order chi connectivity index (χ1) is 7.33. The van der Waals surface area contributed by atoms with E-state index in [-0.39, 0.29) is 12.8 Å². The summed E-state index contributed by atoms with van der Waals surface area (Å²) in [6.07, 6.45) is 1.18. The molecule has 1 aliphatic carbocycles. The lowest BCUT2D eigenvalue weighted by atomic mass is 9.87. The third-order valence-corrected chi connectivity index (χ3v) is 3.77. The summed E-state index contributed by atoms with van der Waals surface area (Å²) in [5, 5.41) is 8.69. The Labute approximate surface area is 91.9 Å². The Morgan fingerprint density at radius 3 is 2.12 bits per heavy atom. The molecule has 0 bridgehead atoms. The van der Waals surface area contributed by atoms with Gasteiger partial charge in [-0.15, -0.1) is 0 Å². The summed E-state index contributed by atoms with van der Waals surface area (Å²) < 4.78 is 47.6. The first-order valence-electron chi connectivity index (χ1n) is 4.85.